The molecule has 0 aliphatic carbocycles. The number of carboxylic acids is 1. The van der Waals surface area contributed by atoms with Gasteiger partial charge in [0.05, 0.1) is 26.3 Å². The van der Waals surface area contributed by atoms with E-state index in [1.807, 2.05) is 6.92 Å². The maximum absolute atomic E-state index is 11.1. The Labute approximate surface area is 115 Å². The minimum absolute atomic E-state index is 0.0758. The number of fused-ring (bicyclic) bond motifs is 1. The van der Waals surface area contributed by atoms with Crippen molar-refractivity contribution < 1.29 is 24.1 Å². The zero-order chi connectivity index (χ0) is 14.7. The molecule has 0 aliphatic heterocycles. The summed E-state index contributed by atoms with van der Waals surface area (Å²) in [7, 11) is 3.04. The van der Waals surface area contributed by atoms with Crippen molar-refractivity contribution in [2.45, 2.75) is 6.92 Å². The molecule has 2 rings (SSSR count). The SMILES string of the molecule is CCOc1cc(C(=O)O)nc2cc(OC)c(OC)cc12. The van der Waals surface area contributed by atoms with Crippen LogP contribution in [0, 0.1) is 0 Å². The quantitative estimate of drug-likeness (QED) is 0.903. The molecule has 2 aromatic rings. The Kier molecular flexibility index (Phi) is 3.93. The molecule has 1 N–H and O–H groups in total. The van der Waals surface area contributed by atoms with Crippen LogP contribution < -0.4 is 14.2 Å². The van der Waals surface area contributed by atoms with Gasteiger partial charge in [0.2, 0.25) is 0 Å². The zero-order valence-electron chi connectivity index (χ0n) is 11.5. The average Bonchev–Trinajstić information content (AvgIpc) is 2.45. The first-order valence-electron chi connectivity index (χ1n) is 6.03. The molecule has 6 heteroatoms. The highest BCUT2D eigenvalue weighted by atomic mass is 16.5. The standard InChI is InChI=1S/C14H15NO5/c1-4-20-11-7-10(14(16)17)15-9-6-13(19-3)12(18-2)5-8(9)11/h5-7H,4H2,1-3H3,(H,16,17). The van der Waals surface area contributed by atoms with Crippen LogP contribution in [0.25, 0.3) is 10.9 Å². The predicted molar refractivity (Wildman–Crippen MR) is 73.0 cm³/mol. The summed E-state index contributed by atoms with van der Waals surface area (Å²) in [5, 5.41) is 9.77. The van der Waals surface area contributed by atoms with Crippen LogP contribution in [0.4, 0.5) is 0 Å². The Balaban J connectivity index is 2.75. The largest absolute Gasteiger partial charge is 0.493 e. The van der Waals surface area contributed by atoms with Crippen LogP contribution in [0.5, 0.6) is 17.2 Å². The second kappa shape index (κ2) is 5.64. The van der Waals surface area contributed by atoms with E-state index in [9.17, 15) is 4.79 Å². The number of aromatic carboxylic acids is 1. The molecule has 1 aromatic heterocycles. The van der Waals surface area contributed by atoms with E-state index >= 15 is 0 Å². The van der Waals surface area contributed by atoms with E-state index in [0.717, 1.165) is 0 Å². The van der Waals surface area contributed by atoms with E-state index in [0.29, 0.717) is 34.8 Å². The van der Waals surface area contributed by atoms with Crippen LogP contribution in [0.15, 0.2) is 18.2 Å². The summed E-state index contributed by atoms with van der Waals surface area (Å²) >= 11 is 0. The fourth-order valence-electron chi connectivity index (χ4n) is 1.91. The predicted octanol–water partition coefficient (Wildman–Crippen LogP) is 2.35. The van der Waals surface area contributed by atoms with E-state index in [2.05, 4.69) is 4.98 Å². The fourth-order valence-corrected chi connectivity index (χ4v) is 1.91. The van der Waals surface area contributed by atoms with Crippen LogP contribution in [0.2, 0.25) is 0 Å². The molecular formula is C14H15NO5. The molecule has 0 saturated carbocycles. The van der Waals surface area contributed by atoms with E-state index < -0.39 is 5.97 Å². The highest BCUT2D eigenvalue weighted by Crippen LogP contribution is 2.35. The molecule has 0 atom stereocenters. The second-order valence-electron chi connectivity index (χ2n) is 3.97. The molecule has 0 spiro atoms. The van der Waals surface area contributed by atoms with Gasteiger partial charge in [0.1, 0.15) is 5.75 Å². The second-order valence-corrected chi connectivity index (χ2v) is 3.97. The van der Waals surface area contributed by atoms with Crippen molar-refractivity contribution in [2.24, 2.45) is 0 Å². The lowest BCUT2D eigenvalue weighted by molar-refractivity contribution is 0.0690. The van der Waals surface area contributed by atoms with Crippen molar-refractivity contribution in [1.82, 2.24) is 4.98 Å². The number of hydrogen-bond acceptors (Lipinski definition) is 5. The minimum Gasteiger partial charge on any atom is -0.493 e. The van der Waals surface area contributed by atoms with Crippen molar-refractivity contribution in [3.05, 3.63) is 23.9 Å². The molecule has 106 valence electrons. The van der Waals surface area contributed by atoms with Crippen molar-refractivity contribution in [1.29, 1.82) is 0 Å². The molecular weight excluding hydrogens is 262 g/mol. The summed E-state index contributed by atoms with van der Waals surface area (Å²) in [6.07, 6.45) is 0. The molecule has 1 aromatic carbocycles. The van der Waals surface area contributed by atoms with Gasteiger partial charge in [-0.2, -0.15) is 0 Å². The first kappa shape index (κ1) is 13.9. The maximum Gasteiger partial charge on any atom is 0.354 e. The number of hydrogen-bond donors (Lipinski definition) is 1. The Bertz CT molecular complexity index is 654. The number of nitrogens with zero attached hydrogens (tertiary/aromatic N) is 1. The molecule has 1 heterocycles. The van der Waals surface area contributed by atoms with E-state index in [-0.39, 0.29) is 5.69 Å². The molecule has 20 heavy (non-hydrogen) atoms. The van der Waals surface area contributed by atoms with Crippen molar-refractivity contribution in [3.63, 3.8) is 0 Å². The number of benzene rings is 1. The highest BCUT2D eigenvalue weighted by Gasteiger charge is 2.15. The van der Waals surface area contributed by atoms with E-state index in [4.69, 9.17) is 19.3 Å². The van der Waals surface area contributed by atoms with Crippen LogP contribution in [0.3, 0.4) is 0 Å². The van der Waals surface area contributed by atoms with Crippen molar-refractivity contribution in [3.8, 4) is 17.2 Å². The van der Waals surface area contributed by atoms with Gasteiger partial charge >= 0.3 is 5.97 Å². The Morgan fingerprint density at radius 1 is 1.15 bits per heavy atom. The molecule has 0 unspecified atom stereocenters. The molecule has 6 nitrogen and oxygen atoms in total. The van der Waals surface area contributed by atoms with Gasteiger partial charge in [0.25, 0.3) is 0 Å². The van der Waals surface area contributed by atoms with Crippen LogP contribution in [0.1, 0.15) is 17.4 Å². The van der Waals surface area contributed by atoms with Gasteiger partial charge in [-0.1, -0.05) is 0 Å². The summed E-state index contributed by atoms with van der Waals surface area (Å²) in [6, 6.07) is 4.75. The number of aromatic nitrogens is 1. The molecule has 0 radical (unpaired) electrons. The van der Waals surface area contributed by atoms with Crippen molar-refractivity contribution >= 4 is 16.9 Å². The third kappa shape index (κ3) is 2.45. The van der Waals surface area contributed by atoms with Gasteiger partial charge in [-0.05, 0) is 13.0 Å². The smallest absolute Gasteiger partial charge is 0.354 e. The van der Waals surface area contributed by atoms with Crippen molar-refractivity contribution in [2.75, 3.05) is 20.8 Å². The van der Waals surface area contributed by atoms with Gasteiger partial charge in [0, 0.05) is 17.5 Å². The summed E-state index contributed by atoms with van der Waals surface area (Å²) in [5.41, 5.74) is 0.402. The van der Waals surface area contributed by atoms with Gasteiger partial charge in [0.15, 0.2) is 17.2 Å². The van der Waals surface area contributed by atoms with Crippen LogP contribution >= 0.6 is 0 Å². The topological polar surface area (TPSA) is 77.9 Å². The van der Waals surface area contributed by atoms with Gasteiger partial charge < -0.3 is 19.3 Å². The number of ether oxygens (including phenoxy) is 3. The van der Waals surface area contributed by atoms with E-state index in [1.54, 1.807) is 12.1 Å². The lowest BCUT2D eigenvalue weighted by Gasteiger charge is -2.12. The zero-order valence-corrected chi connectivity index (χ0v) is 11.5. The Morgan fingerprint density at radius 3 is 2.35 bits per heavy atom. The van der Waals surface area contributed by atoms with Gasteiger partial charge in [-0.15, -0.1) is 0 Å². The third-order valence-electron chi connectivity index (χ3n) is 2.80. The van der Waals surface area contributed by atoms with Gasteiger partial charge in [-0.3, -0.25) is 0 Å². The first-order chi connectivity index (χ1) is 9.60. The molecule has 0 aliphatic rings. The number of methoxy groups -OCH3 is 2. The fraction of sp³-hybridized carbons (Fsp3) is 0.286. The minimum atomic E-state index is -1.11. The van der Waals surface area contributed by atoms with Crippen LogP contribution in [-0.2, 0) is 0 Å². The summed E-state index contributed by atoms with van der Waals surface area (Å²) < 4.78 is 15.9. The van der Waals surface area contributed by atoms with Gasteiger partial charge in [-0.25, -0.2) is 9.78 Å². The summed E-state index contributed by atoms with van der Waals surface area (Å²) in [5.74, 6) is 0.363. The lowest BCUT2D eigenvalue weighted by atomic mass is 10.1. The number of carboxylic acid groups (broad SMARTS) is 1. The monoisotopic (exact) mass is 277 g/mol. The summed E-state index contributed by atoms with van der Waals surface area (Å²) in [4.78, 5) is 15.2. The maximum atomic E-state index is 11.1. The number of rotatable bonds is 5. The molecule has 0 bridgehead atoms. The molecule has 0 saturated heterocycles. The first-order valence-corrected chi connectivity index (χ1v) is 6.03. The highest BCUT2D eigenvalue weighted by molar-refractivity contribution is 5.94. The summed E-state index contributed by atoms with van der Waals surface area (Å²) in [6.45, 7) is 2.25. The molecule has 0 amide bonds. The third-order valence-corrected chi connectivity index (χ3v) is 2.80. The molecule has 0 fully saturated rings. The van der Waals surface area contributed by atoms with Crippen LogP contribution in [-0.4, -0.2) is 36.9 Å². The normalized spacial score (nSPS) is 10.3. The number of pyridine rings is 1. The number of carbonyl (C=O) groups is 1. The Morgan fingerprint density at radius 2 is 1.80 bits per heavy atom. The van der Waals surface area contributed by atoms with E-state index in [1.165, 1.54) is 20.3 Å². The lowest BCUT2D eigenvalue weighted by Crippen LogP contribution is -2.03. The average molecular weight is 277 g/mol. The Hall–Kier alpha value is -2.50.